The maximum Gasteiger partial charge on any atom is 0.271 e. The maximum atomic E-state index is 12.1. The maximum absolute atomic E-state index is 12.1. The van der Waals surface area contributed by atoms with Gasteiger partial charge in [0.2, 0.25) is 0 Å². The molecule has 0 bridgehead atoms. The number of amides is 1. The number of benzene rings is 1. The fourth-order valence-electron chi connectivity index (χ4n) is 2.79. The molecule has 0 unspecified atom stereocenters. The Balaban J connectivity index is 1.58. The Labute approximate surface area is 141 Å². The summed E-state index contributed by atoms with van der Waals surface area (Å²) in [6, 6.07) is 7.88. The number of hydrogen-bond donors (Lipinski definition) is 2. The van der Waals surface area contributed by atoms with Crippen LogP contribution < -0.4 is 15.4 Å². The van der Waals surface area contributed by atoms with Crippen LogP contribution in [-0.4, -0.2) is 28.5 Å². The second-order valence-corrected chi connectivity index (χ2v) is 5.82. The first-order chi connectivity index (χ1) is 11.7. The molecule has 0 atom stereocenters. The Morgan fingerprint density at radius 2 is 1.92 bits per heavy atom. The summed E-state index contributed by atoms with van der Waals surface area (Å²) in [6.45, 7) is 2.59. The van der Waals surface area contributed by atoms with Crippen molar-refractivity contribution in [1.82, 2.24) is 15.3 Å². The molecule has 1 heterocycles. The molecule has 1 aromatic heterocycles. The Morgan fingerprint density at radius 3 is 2.54 bits per heavy atom. The van der Waals surface area contributed by atoms with Gasteiger partial charge in [-0.2, -0.15) is 0 Å². The minimum absolute atomic E-state index is 0.151. The van der Waals surface area contributed by atoms with E-state index in [9.17, 15) is 4.79 Å². The molecule has 0 aliphatic heterocycles. The molecule has 2 N–H and O–H groups in total. The van der Waals surface area contributed by atoms with E-state index in [0.29, 0.717) is 18.1 Å². The highest BCUT2D eigenvalue weighted by Crippen LogP contribution is 2.19. The zero-order valence-corrected chi connectivity index (χ0v) is 13.8. The predicted octanol–water partition coefficient (Wildman–Crippen LogP) is 3.29. The first-order valence-corrected chi connectivity index (χ1v) is 8.37. The van der Waals surface area contributed by atoms with Crippen molar-refractivity contribution in [2.45, 2.75) is 38.6 Å². The van der Waals surface area contributed by atoms with Crippen molar-refractivity contribution in [3.8, 4) is 5.75 Å². The third-order valence-electron chi connectivity index (χ3n) is 4.01. The molecular formula is C18H22N4O2. The molecule has 1 aromatic carbocycles. The van der Waals surface area contributed by atoms with Gasteiger partial charge in [-0.15, -0.1) is 0 Å². The van der Waals surface area contributed by atoms with E-state index in [2.05, 4.69) is 20.6 Å². The lowest BCUT2D eigenvalue weighted by molar-refractivity contribution is 0.0932. The first-order valence-electron chi connectivity index (χ1n) is 8.37. The summed E-state index contributed by atoms with van der Waals surface area (Å²) in [7, 11) is 0. The van der Waals surface area contributed by atoms with Crippen LogP contribution in [0.25, 0.3) is 0 Å². The van der Waals surface area contributed by atoms with Crippen LogP contribution in [0.5, 0.6) is 5.75 Å². The highest BCUT2D eigenvalue weighted by atomic mass is 16.5. The third-order valence-corrected chi connectivity index (χ3v) is 4.01. The van der Waals surface area contributed by atoms with E-state index in [-0.39, 0.29) is 11.9 Å². The van der Waals surface area contributed by atoms with Crippen LogP contribution in [-0.2, 0) is 0 Å². The van der Waals surface area contributed by atoms with Gasteiger partial charge in [0.05, 0.1) is 19.0 Å². The van der Waals surface area contributed by atoms with E-state index in [0.717, 1.165) is 24.3 Å². The topological polar surface area (TPSA) is 76.1 Å². The monoisotopic (exact) mass is 326 g/mol. The van der Waals surface area contributed by atoms with Crippen LogP contribution in [0.4, 0.5) is 11.5 Å². The van der Waals surface area contributed by atoms with Crippen molar-refractivity contribution in [1.29, 1.82) is 0 Å². The van der Waals surface area contributed by atoms with Gasteiger partial charge in [0.15, 0.2) is 0 Å². The second-order valence-electron chi connectivity index (χ2n) is 5.82. The minimum Gasteiger partial charge on any atom is -0.494 e. The largest absolute Gasteiger partial charge is 0.494 e. The van der Waals surface area contributed by atoms with Gasteiger partial charge in [-0.05, 0) is 44.0 Å². The van der Waals surface area contributed by atoms with Crippen molar-refractivity contribution in [2.24, 2.45) is 0 Å². The molecule has 0 radical (unpaired) electrons. The highest BCUT2D eigenvalue weighted by molar-refractivity contribution is 5.92. The lowest BCUT2D eigenvalue weighted by Crippen LogP contribution is -2.33. The second kappa shape index (κ2) is 7.77. The molecule has 0 spiro atoms. The smallest absolute Gasteiger partial charge is 0.271 e. The van der Waals surface area contributed by atoms with Gasteiger partial charge in [0.1, 0.15) is 17.3 Å². The summed E-state index contributed by atoms with van der Waals surface area (Å²) in [5.41, 5.74) is 1.23. The van der Waals surface area contributed by atoms with Crippen LogP contribution >= 0.6 is 0 Å². The quantitative estimate of drug-likeness (QED) is 0.852. The number of rotatable bonds is 6. The zero-order valence-electron chi connectivity index (χ0n) is 13.8. The van der Waals surface area contributed by atoms with Gasteiger partial charge < -0.3 is 15.4 Å². The van der Waals surface area contributed by atoms with Crippen LogP contribution in [0, 0.1) is 0 Å². The molecule has 1 fully saturated rings. The van der Waals surface area contributed by atoms with Crippen LogP contribution in [0.2, 0.25) is 0 Å². The number of ether oxygens (including phenoxy) is 1. The fraction of sp³-hybridized carbons (Fsp3) is 0.389. The summed E-state index contributed by atoms with van der Waals surface area (Å²) in [5, 5.41) is 6.16. The molecule has 126 valence electrons. The standard InChI is InChI=1S/C18H22N4O2/c1-2-24-15-9-7-14(8-10-15)21-17-12-19-16(11-20-17)18(23)22-13-5-3-4-6-13/h7-13H,2-6H2,1H3,(H,20,21)(H,22,23). The molecular weight excluding hydrogens is 304 g/mol. The van der Waals surface area contributed by atoms with Gasteiger partial charge in [0, 0.05) is 11.7 Å². The Hall–Kier alpha value is -2.63. The van der Waals surface area contributed by atoms with Crippen LogP contribution in [0.15, 0.2) is 36.7 Å². The molecule has 6 heteroatoms. The van der Waals surface area contributed by atoms with Crippen molar-refractivity contribution in [3.63, 3.8) is 0 Å². The number of nitrogens with zero attached hydrogens (tertiary/aromatic N) is 2. The van der Waals surface area contributed by atoms with E-state index in [1.54, 1.807) is 6.20 Å². The zero-order chi connectivity index (χ0) is 16.8. The first kappa shape index (κ1) is 16.2. The van der Waals surface area contributed by atoms with E-state index >= 15 is 0 Å². The van der Waals surface area contributed by atoms with E-state index in [1.165, 1.54) is 19.0 Å². The van der Waals surface area contributed by atoms with Crippen molar-refractivity contribution >= 4 is 17.4 Å². The van der Waals surface area contributed by atoms with Gasteiger partial charge in [-0.3, -0.25) is 4.79 Å². The molecule has 6 nitrogen and oxygen atoms in total. The molecule has 1 amide bonds. The molecule has 1 aliphatic carbocycles. The van der Waals surface area contributed by atoms with Gasteiger partial charge in [-0.25, -0.2) is 9.97 Å². The summed E-state index contributed by atoms with van der Waals surface area (Å²) in [6.07, 6.45) is 7.54. The number of carbonyl (C=O) groups is 1. The summed E-state index contributed by atoms with van der Waals surface area (Å²) in [5.74, 6) is 1.27. The van der Waals surface area contributed by atoms with Gasteiger partial charge >= 0.3 is 0 Å². The van der Waals surface area contributed by atoms with E-state index < -0.39 is 0 Å². The fourth-order valence-corrected chi connectivity index (χ4v) is 2.79. The lowest BCUT2D eigenvalue weighted by Gasteiger charge is -2.11. The molecule has 2 aromatic rings. The Kier molecular flexibility index (Phi) is 5.25. The molecule has 24 heavy (non-hydrogen) atoms. The molecule has 1 aliphatic rings. The van der Waals surface area contributed by atoms with Gasteiger partial charge in [-0.1, -0.05) is 12.8 Å². The number of carbonyl (C=O) groups excluding carboxylic acids is 1. The van der Waals surface area contributed by atoms with Crippen molar-refractivity contribution < 1.29 is 9.53 Å². The minimum atomic E-state index is -0.151. The summed E-state index contributed by atoms with van der Waals surface area (Å²) >= 11 is 0. The van der Waals surface area contributed by atoms with Crippen molar-refractivity contribution in [2.75, 3.05) is 11.9 Å². The highest BCUT2D eigenvalue weighted by Gasteiger charge is 2.18. The number of aromatic nitrogens is 2. The normalized spacial score (nSPS) is 14.4. The average Bonchev–Trinajstić information content (AvgIpc) is 3.10. The van der Waals surface area contributed by atoms with Gasteiger partial charge in [0.25, 0.3) is 5.91 Å². The van der Waals surface area contributed by atoms with Crippen LogP contribution in [0.1, 0.15) is 43.1 Å². The molecule has 1 saturated carbocycles. The summed E-state index contributed by atoms with van der Waals surface area (Å²) < 4.78 is 5.41. The SMILES string of the molecule is CCOc1ccc(Nc2cnc(C(=O)NC3CCCC3)cn2)cc1. The number of nitrogens with one attached hydrogen (secondary N) is 2. The number of anilines is 2. The van der Waals surface area contributed by atoms with E-state index in [1.807, 2.05) is 31.2 Å². The number of hydrogen-bond acceptors (Lipinski definition) is 5. The third kappa shape index (κ3) is 4.22. The summed E-state index contributed by atoms with van der Waals surface area (Å²) in [4.78, 5) is 20.6. The van der Waals surface area contributed by atoms with Crippen LogP contribution in [0.3, 0.4) is 0 Å². The lowest BCUT2D eigenvalue weighted by atomic mass is 10.2. The van der Waals surface area contributed by atoms with Crippen molar-refractivity contribution in [3.05, 3.63) is 42.4 Å². The Morgan fingerprint density at radius 1 is 1.17 bits per heavy atom. The van der Waals surface area contributed by atoms with E-state index in [4.69, 9.17) is 4.74 Å². The molecule has 0 saturated heterocycles. The average molecular weight is 326 g/mol. The molecule has 3 rings (SSSR count). The predicted molar refractivity (Wildman–Crippen MR) is 92.6 cm³/mol. The Bertz CT molecular complexity index is 664.